The second kappa shape index (κ2) is 6.85. The van der Waals surface area contributed by atoms with Crippen molar-refractivity contribution in [1.29, 1.82) is 0 Å². The summed E-state index contributed by atoms with van der Waals surface area (Å²) in [6.07, 6.45) is 3.21. The summed E-state index contributed by atoms with van der Waals surface area (Å²) in [5, 5.41) is 3.14. The zero-order chi connectivity index (χ0) is 12.7. The lowest BCUT2D eigenvalue weighted by Gasteiger charge is -2.29. The molecule has 5 heteroatoms. The summed E-state index contributed by atoms with van der Waals surface area (Å²) in [6, 6.07) is 0. The van der Waals surface area contributed by atoms with E-state index < -0.39 is 11.8 Å². The summed E-state index contributed by atoms with van der Waals surface area (Å²) in [5.74, 6) is -0.915. The van der Waals surface area contributed by atoms with E-state index in [0.29, 0.717) is 26.2 Å². The smallest absolute Gasteiger partial charge is 0.312 e. The van der Waals surface area contributed by atoms with Gasteiger partial charge in [-0.05, 0) is 0 Å². The van der Waals surface area contributed by atoms with Crippen molar-refractivity contribution in [2.24, 2.45) is 0 Å². The molecule has 1 rings (SSSR count). The molecule has 0 radical (unpaired) electrons. The minimum absolute atomic E-state index is 0.364. The Balaban J connectivity index is 2.61. The van der Waals surface area contributed by atoms with Gasteiger partial charge in [-0.15, -0.1) is 13.2 Å². The fraction of sp³-hybridized carbons (Fsp3) is 0.500. The maximum atomic E-state index is 11.9. The third kappa shape index (κ3) is 3.71. The van der Waals surface area contributed by atoms with Crippen molar-refractivity contribution in [3.05, 3.63) is 25.3 Å². The van der Waals surface area contributed by atoms with Crippen molar-refractivity contribution in [2.75, 3.05) is 39.3 Å². The van der Waals surface area contributed by atoms with Crippen LogP contribution in [0.3, 0.4) is 0 Å². The van der Waals surface area contributed by atoms with Gasteiger partial charge in [0.2, 0.25) is 0 Å². The lowest BCUT2D eigenvalue weighted by molar-refractivity contribution is -0.151. The maximum absolute atomic E-state index is 11.9. The molecule has 1 fully saturated rings. The third-order valence-electron chi connectivity index (χ3n) is 2.57. The molecule has 2 amide bonds. The Kier molecular flexibility index (Phi) is 5.42. The topological polar surface area (TPSA) is 52.7 Å². The molecular formula is C12H19N3O2. The normalized spacial score (nSPS) is 15.2. The summed E-state index contributed by atoms with van der Waals surface area (Å²) < 4.78 is 0. The lowest BCUT2D eigenvalue weighted by atomic mass is 10.3. The van der Waals surface area contributed by atoms with Gasteiger partial charge in [-0.25, -0.2) is 0 Å². The van der Waals surface area contributed by atoms with Crippen LogP contribution in [0.2, 0.25) is 0 Å². The molecule has 1 heterocycles. The molecule has 0 aromatic rings. The number of amides is 2. The number of nitrogens with one attached hydrogen (secondary N) is 1. The van der Waals surface area contributed by atoms with Crippen LogP contribution in [-0.2, 0) is 9.59 Å². The molecule has 0 unspecified atom stereocenters. The van der Waals surface area contributed by atoms with Crippen molar-refractivity contribution in [3.8, 4) is 0 Å². The van der Waals surface area contributed by atoms with Gasteiger partial charge in [-0.1, -0.05) is 12.2 Å². The molecule has 1 aliphatic heterocycles. The highest BCUT2D eigenvalue weighted by atomic mass is 16.2. The molecule has 1 aliphatic rings. The highest BCUT2D eigenvalue weighted by molar-refractivity contribution is 6.35. The Morgan fingerprint density at radius 3 is 2.18 bits per heavy atom. The van der Waals surface area contributed by atoms with Crippen molar-refractivity contribution >= 4 is 11.8 Å². The van der Waals surface area contributed by atoms with E-state index in [4.69, 9.17) is 0 Å². The summed E-state index contributed by atoms with van der Waals surface area (Å²) >= 11 is 0. The Hall–Kier alpha value is -1.62. The predicted molar refractivity (Wildman–Crippen MR) is 66.4 cm³/mol. The van der Waals surface area contributed by atoms with Crippen LogP contribution < -0.4 is 5.32 Å². The summed E-state index contributed by atoms with van der Waals surface area (Å²) in [7, 11) is 0. The van der Waals surface area contributed by atoms with E-state index >= 15 is 0 Å². The number of rotatable bonds is 4. The Labute approximate surface area is 102 Å². The Morgan fingerprint density at radius 1 is 1.18 bits per heavy atom. The van der Waals surface area contributed by atoms with Crippen LogP contribution in [-0.4, -0.2) is 60.9 Å². The first-order valence-electron chi connectivity index (χ1n) is 5.71. The van der Waals surface area contributed by atoms with Crippen LogP contribution in [0.25, 0.3) is 0 Å². The van der Waals surface area contributed by atoms with Crippen LogP contribution in [0.5, 0.6) is 0 Å². The van der Waals surface area contributed by atoms with Crippen molar-refractivity contribution in [3.63, 3.8) is 0 Å². The molecule has 17 heavy (non-hydrogen) atoms. The van der Waals surface area contributed by atoms with Crippen LogP contribution >= 0.6 is 0 Å². The Morgan fingerprint density at radius 2 is 1.71 bits per heavy atom. The first kappa shape index (κ1) is 13.4. The molecule has 0 aliphatic carbocycles. The minimum Gasteiger partial charge on any atom is -0.332 e. The number of hydrogen-bond acceptors (Lipinski definition) is 3. The standard InChI is InChI=1S/C12H19N3O2/c1-3-7-14(8-4-2)11(16)12(17)15-9-5-13-6-10-15/h3-4,13H,1-2,5-10H2. The van der Waals surface area contributed by atoms with Gasteiger partial charge in [-0.2, -0.15) is 0 Å². The number of piperazine rings is 1. The highest BCUT2D eigenvalue weighted by Crippen LogP contribution is 1.99. The molecule has 0 saturated carbocycles. The summed E-state index contributed by atoms with van der Waals surface area (Å²) in [5.41, 5.74) is 0. The number of carbonyl (C=O) groups is 2. The van der Waals surface area contributed by atoms with Gasteiger partial charge in [-0.3, -0.25) is 9.59 Å². The molecule has 5 nitrogen and oxygen atoms in total. The molecule has 0 atom stereocenters. The van der Waals surface area contributed by atoms with Crippen LogP contribution in [0.1, 0.15) is 0 Å². The monoisotopic (exact) mass is 237 g/mol. The first-order valence-corrected chi connectivity index (χ1v) is 5.71. The van der Waals surface area contributed by atoms with Gasteiger partial charge >= 0.3 is 11.8 Å². The zero-order valence-electron chi connectivity index (χ0n) is 10.0. The van der Waals surface area contributed by atoms with E-state index in [9.17, 15) is 9.59 Å². The number of nitrogens with zero attached hydrogens (tertiary/aromatic N) is 2. The van der Waals surface area contributed by atoms with Gasteiger partial charge < -0.3 is 15.1 Å². The molecule has 0 aromatic carbocycles. The minimum atomic E-state index is -0.480. The molecule has 0 bridgehead atoms. The lowest BCUT2D eigenvalue weighted by Crippen LogP contribution is -2.52. The molecular weight excluding hydrogens is 218 g/mol. The van der Waals surface area contributed by atoms with Crippen molar-refractivity contribution < 1.29 is 9.59 Å². The van der Waals surface area contributed by atoms with E-state index in [1.54, 1.807) is 17.1 Å². The van der Waals surface area contributed by atoms with Gasteiger partial charge in [0.15, 0.2) is 0 Å². The van der Waals surface area contributed by atoms with E-state index in [0.717, 1.165) is 13.1 Å². The van der Waals surface area contributed by atoms with E-state index in [1.165, 1.54) is 4.90 Å². The zero-order valence-corrected chi connectivity index (χ0v) is 10.0. The van der Waals surface area contributed by atoms with Crippen LogP contribution in [0, 0.1) is 0 Å². The van der Waals surface area contributed by atoms with Crippen molar-refractivity contribution in [2.45, 2.75) is 0 Å². The molecule has 1 saturated heterocycles. The SMILES string of the molecule is C=CCN(CC=C)C(=O)C(=O)N1CCNCC1. The largest absolute Gasteiger partial charge is 0.332 e. The van der Waals surface area contributed by atoms with E-state index in [2.05, 4.69) is 18.5 Å². The van der Waals surface area contributed by atoms with Gasteiger partial charge in [0.05, 0.1) is 0 Å². The number of carbonyl (C=O) groups excluding carboxylic acids is 2. The molecule has 94 valence electrons. The molecule has 0 spiro atoms. The fourth-order valence-corrected chi connectivity index (χ4v) is 1.69. The second-order valence-corrected chi connectivity index (χ2v) is 3.83. The van der Waals surface area contributed by atoms with Gasteiger partial charge in [0.25, 0.3) is 0 Å². The maximum Gasteiger partial charge on any atom is 0.312 e. The van der Waals surface area contributed by atoms with Crippen LogP contribution in [0.4, 0.5) is 0 Å². The van der Waals surface area contributed by atoms with Crippen molar-refractivity contribution in [1.82, 2.24) is 15.1 Å². The average Bonchev–Trinajstić information content (AvgIpc) is 2.38. The predicted octanol–water partition coefficient (Wildman–Crippen LogP) is -0.381. The van der Waals surface area contributed by atoms with E-state index in [-0.39, 0.29) is 0 Å². The van der Waals surface area contributed by atoms with Crippen LogP contribution in [0.15, 0.2) is 25.3 Å². The average molecular weight is 237 g/mol. The highest BCUT2D eigenvalue weighted by Gasteiger charge is 2.26. The third-order valence-corrected chi connectivity index (χ3v) is 2.57. The summed E-state index contributed by atoms with van der Waals surface area (Å²) in [6.45, 7) is 10.5. The fourth-order valence-electron chi connectivity index (χ4n) is 1.69. The van der Waals surface area contributed by atoms with Gasteiger partial charge in [0.1, 0.15) is 0 Å². The quantitative estimate of drug-likeness (QED) is 0.535. The van der Waals surface area contributed by atoms with E-state index in [1.807, 2.05) is 0 Å². The second-order valence-electron chi connectivity index (χ2n) is 3.83. The molecule has 1 N–H and O–H groups in total. The number of hydrogen-bond donors (Lipinski definition) is 1. The summed E-state index contributed by atoms with van der Waals surface area (Å²) in [4.78, 5) is 26.9. The first-order chi connectivity index (χ1) is 8.20. The van der Waals surface area contributed by atoms with Gasteiger partial charge in [0, 0.05) is 39.3 Å². The Bertz CT molecular complexity index is 299. The molecule has 0 aromatic heterocycles.